The normalized spacial score (nSPS) is 8.81. The van der Waals surface area contributed by atoms with Crippen LogP contribution in [0.15, 0.2) is 24.3 Å². The van der Waals surface area contributed by atoms with Crippen molar-refractivity contribution in [1.29, 1.82) is 0 Å². The van der Waals surface area contributed by atoms with E-state index in [2.05, 4.69) is 22.6 Å². The van der Waals surface area contributed by atoms with Gasteiger partial charge in [-0.2, -0.15) is 0 Å². The maximum absolute atomic E-state index is 11.3. The topological polar surface area (TPSA) is 67.1 Å². The van der Waals surface area contributed by atoms with Gasteiger partial charge in [-0.1, -0.05) is 0 Å². The van der Waals surface area contributed by atoms with Gasteiger partial charge in [0.05, 0.1) is 0 Å². The molecule has 84 valence electrons. The zero-order valence-electron chi connectivity index (χ0n) is 8.59. The molecule has 0 spiro atoms. The van der Waals surface area contributed by atoms with Crippen molar-refractivity contribution in [2.24, 2.45) is 5.73 Å². The van der Waals surface area contributed by atoms with Crippen molar-refractivity contribution in [2.45, 2.75) is 0 Å². The van der Waals surface area contributed by atoms with Crippen LogP contribution >= 0.6 is 11.6 Å². The maximum atomic E-state index is 11.3. The first-order chi connectivity index (χ1) is 7.76. The summed E-state index contributed by atoms with van der Waals surface area (Å²) < 4.78 is 0. The second-order valence-electron chi connectivity index (χ2n) is 2.92. The molecule has 0 bridgehead atoms. The van der Waals surface area contributed by atoms with Gasteiger partial charge in [-0.15, -0.1) is 11.6 Å². The Labute approximate surface area is 99.2 Å². The van der Waals surface area contributed by atoms with E-state index in [-0.39, 0.29) is 6.03 Å². The summed E-state index contributed by atoms with van der Waals surface area (Å²) in [6.45, 7) is 0.435. The Morgan fingerprint density at radius 2 is 2.06 bits per heavy atom. The van der Waals surface area contributed by atoms with Crippen molar-refractivity contribution < 1.29 is 4.79 Å². The van der Waals surface area contributed by atoms with Gasteiger partial charge in [-0.05, 0) is 30.2 Å². The minimum atomic E-state index is -0.279. The third-order valence-electron chi connectivity index (χ3n) is 1.74. The number of nitrogens with two attached hydrogens (primary N) is 1. The van der Waals surface area contributed by atoms with Crippen LogP contribution in [0.3, 0.4) is 0 Å². The van der Waals surface area contributed by atoms with E-state index in [1.807, 2.05) is 0 Å². The highest BCUT2D eigenvalue weighted by atomic mass is 35.5. The summed E-state index contributed by atoms with van der Waals surface area (Å²) in [6, 6.07) is 9.08. The first kappa shape index (κ1) is 12.2. The second kappa shape index (κ2) is 6.59. The highest BCUT2D eigenvalue weighted by Crippen LogP contribution is 2.08. The Morgan fingerprint density at radius 3 is 2.62 bits per heavy atom. The van der Waals surface area contributed by atoms with Gasteiger partial charge in [-0.3, -0.25) is 0 Å². The molecule has 1 aromatic rings. The predicted molar refractivity (Wildman–Crippen MR) is 65.2 cm³/mol. The molecule has 0 heterocycles. The van der Waals surface area contributed by atoms with Crippen LogP contribution in [0.5, 0.6) is 0 Å². The fourth-order valence-corrected chi connectivity index (χ4v) is 1.15. The molecule has 4 nitrogen and oxygen atoms in total. The predicted octanol–water partition coefficient (Wildman–Crippen LogP) is 1.31. The lowest BCUT2D eigenvalue weighted by Crippen LogP contribution is -2.30. The molecule has 5 heteroatoms. The van der Waals surface area contributed by atoms with Gasteiger partial charge in [0, 0.05) is 29.7 Å². The largest absolute Gasteiger partial charge is 0.359 e. The second-order valence-corrected chi connectivity index (χ2v) is 3.29. The fourth-order valence-electron chi connectivity index (χ4n) is 1.06. The molecule has 1 aromatic carbocycles. The summed E-state index contributed by atoms with van der Waals surface area (Å²) in [5.74, 6) is 3.09. The number of anilines is 1. The fraction of sp³-hybridized carbons (Fsp3) is 0.182. The number of alkyl halides is 1. The Morgan fingerprint density at radius 1 is 1.38 bits per heavy atom. The summed E-state index contributed by atoms with van der Waals surface area (Å²) >= 11 is 5.43. The zero-order chi connectivity index (χ0) is 11.8. The van der Waals surface area contributed by atoms with E-state index in [0.717, 1.165) is 5.56 Å². The summed E-state index contributed by atoms with van der Waals surface area (Å²) in [6.07, 6.45) is 0. The van der Waals surface area contributed by atoms with Crippen molar-refractivity contribution in [1.82, 2.24) is 5.32 Å². The lowest BCUT2D eigenvalue weighted by molar-refractivity contribution is 0.252. The van der Waals surface area contributed by atoms with E-state index in [1.165, 1.54) is 0 Å². The quantitative estimate of drug-likeness (QED) is 0.422. The smallest absolute Gasteiger partial charge is 0.319 e. The molecule has 0 atom stereocenters. The molecule has 0 aliphatic carbocycles. The van der Waals surface area contributed by atoms with Crippen molar-refractivity contribution >= 4 is 23.3 Å². The number of hydrogen-bond donors (Lipinski definition) is 3. The molecule has 0 aliphatic heterocycles. The van der Waals surface area contributed by atoms with E-state index in [9.17, 15) is 4.79 Å². The van der Waals surface area contributed by atoms with Crippen LogP contribution in [0.4, 0.5) is 10.5 Å². The van der Waals surface area contributed by atoms with E-state index >= 15 is 0 Å². The van der Waals surface area contributed by atoms with Crippen LogP contribution in [0.25, 0.3) is 0 Å². The Hall–Kier alpha value is -1.86. The molecule has 0 unspecified atom stereocenters. The molecule has 2 amide bonds. The van der Waals surface area contributed by atoms with Crippen molar-refractivity contribution in [3.8, 4) is 12.0 Å². The minimum Gasteiger partial charge on any atom is -0.359 e. The number of benzene rings is 1. The molecule has 4 N–H and O–H groups in total. The number of rotatable bonds is 3. The number of carbonyl (C=O) groups excluding carboxylic acids is 1. The number of hydrogen-bond acceptors (Lipinski definition) is 2. The third kappa shape index (κ3) is 4.11. The van der Waals surface area contributed by atoms with Gasteiger partial charge >= 0.3 is 6.03 Å². The summed E-state index contributed by atoms with van der Waals surface area (Å²) in [5.41, 5.74) is 6.57. The van der Waals surface area contributed by atoms with E-state index < -0.39 is 0 Å². The van der Waals surface area contributed by atoms with Crippen LogP contribution in [-0.2, 0) is 0 Å². The number of carbonyl (C=O) groups is 1. The molecule has 0 fully saturated rings. The van der Waals surface area contributed by atoms with Gasteiger partial charge < -0.3 is 16.4 Å². The molecular weight excluding hydrogens is 226 g/mol. The molecule has 0 saturated carbocycles. The highest BCUT2D eigenvalue weighted by Gasteiger charge is 1.99. The summed E-state index contributed by atoms with van der Waals surface area (Å²) in [5, 5.41) is 5.25. The number of halogens is 1. The van der Waals surface area contributed by atoms with Gasteiger partial charge in [-0.25, -0.2) is 4.79 Å². The molecular formula is C11H12ClN3O. The molecule has 0 aliphatic rings. The van der Waals surface area contributed by atoms with Crippen LogP contribution in [0.1, 0.15) is 5.56 Å². The standard InChI is InChI=1S/C11H12ClN3O/c12-6-8-14-11(16)15-10-3-1-9(2-4-10)5-7-13/h1-4H,6,8,13H2,(H2,14,15,16). The summed E-state index contributed by atoms with van der Waals surface area (Å²) in [4.78, 5) is 11.3. The average molecular weight is 238 g/mol. The molecule has 1 rings (SSSR count). The third-order valence-corrected chi connectivity index (χ3v) is 1.93. The highest BCUT2D eigenvalue weighted by molar-refractivity contribution is 6.18. The Kier molecular flexibility index (Phi) is 5.03. The Bertz CT molecular complexity index is 405. The maximum Gasteiger partial charge on any atom is 0.319 e. The van der Waals surface area contributed by atoms with E-state index in [0.29, 0.717) is 18.1 Å². The molecule has 0 aromatic heterocycles. The van der Waals surface area contributed by atoms with Gasteiger partial charge in [0.2, 0.25) is 0 Å². The first-order valence-electron chi connectivity index (χ1n) is 4.68. The van der Waals surface area contributed by atoms with Gasteiger partial charge in [0.25, 0.3) is 0 Å². The van der Waals surface area contributed by atoms with Gasteiger partial charge in [0.1, 0.15) is 0 Å². The average Bonchev–Trinajstić information content (AvgIpc) is 2.29. The number of urea groups is 1. The summed E-state index contributed by atoms with van der Waals surface area (Å²) in [7, 11) is 0. The Balaban J connectivity index is 2.53. The van der Waals surface area contributed by atoms with Crippen LogP contribution in [0, 0.1) is 12.0 Å². The van der Waals surface area contributed by atoms with E-state index in [1.54, 1.807) is 24.3 Å². The number of amides is 2. The van der Waals surface area contributed by atoms with Crippen LogP contribution < -0.4 is 16.4 Å². The number of nitrogens with one attached hydrogen (secondary N) is 2. The van der Waals surface area contributed by atoms with Crippen LogP contribution in [-0.4, -0.2) is 18.5 Å². The van der Waals surface area contributed by atoms with Crippen molar-refractivity contribution in [3.63, 3.8) is 0 Å². The van der Waals surface area contributed by atoms with Crippen LogP contribution in [0.2, 0.25) is 0 Å². The zero-order valence-corrected chi connectivity index (χ0v) is 9.34. The minimum absolute atomic E-state index is 0.279. The lowest BCUT2D eigenvalue weighted by Gasteiger charge is -2.05. The molecule has 0 saturated heterocycles. The van der Waals surface area contributed by atoms with Crippen molar-refractivity contribution in [3.05, 3.63) is 29.8 Å². The first-order valence-corrected chi connectivity index (χ1v) is 5.22. The van der Waals surface area contributed by atoms with E-state index in [4.69, 9.17) is 17.3 Å². The van der Waals surface area contributed by atoms with Gasteiger partial charge in [0.15, 0.2) is 0 Å². The van der Waals surface area contributed by atoms with Crippen molar-refractivity contribution in [2.75, 3.05) is 17.7 Å². The lowest BCUT2D eigenvalue weighted by atomic mass is 10.2. The molecule has 16 heavy (non-hydrogen) atoms. The SMILES string of the molecule is NC#Cc1ccc(NC(=O)NCCCl)cc1. The monoisotopic (exact) mass is 237 g/mol. The molecule has 0 radical (unpaired) electrons.